The van der Waals surface area contributed by atoms with Gasteiger partial charge in [-0.15, -0.1) is 0 Å². The summed E-state index contributed by atoms with van der Waals surface area (Å²) in [4.78, 5) is 0. The van der Waals surface area contributed by atoms with Crippen LogP contribution in [0, 0.1) is 17.8 Å². The highest BCUT2D eigenvalue weighted by molar-refractivity contribution is 4.80. The molecule has 0 aromatic carbocycles. The zero-order chi connectivity index (χ0) is 12.0. The first-order valence-corrected chi connectivity index (χ1v) is 7.37. The number of hydrogen-bond acceptors (Lipinski definition) is 1. The van der Waals surface area contributed by atoms with Crippen LogP contribution in [-0.2, 0) is 0 Å². The summed E-state index contributed by atoms with van der Waals surface area (Å²) in [5, 5.41) is 10.4. The van der Waals surface area contributed by atoms with Crippen LogP contribution in [0.1, 0.15) is 72.1 Å². The molecule has 0 aromatic rings. The highest BCUT2D eigenvalue weighted by Gasteiger charge is 2.29. The van der Waals surface area contributed by atoms with Crippen LogP contribution < -0.4 is 0 Å². The van der Waals surface area contributed by atoms with E-state index in [9.17, 15) is 5.11 Å². The van der Waals surface area contributed by atoms with Crippen molar-refractivity contribution in [1.82, 2.24) is 0 Å². The van der Waals surface area contributed by atoms with Crippen molar-refractivity contribution in [3.63, 3.8) is 0 Å². The summed E-state index contributed by atoms with van der Waals surface area (Å²) in [6.45, 7) is 6.81. The molecule has 0 aromatic heterocycles. The summed E-state index contributed by atoms with van der Waals surface area (Å²) >= 11 is 0. The molecular formula is C15H30O. The second-order valence-corrected chi connectivity index (χ2v) is 5.82. The molecule has 16 heavy (non-hydrogen) atoms. The molecule has 1 fully saturated rings. The smallest absolute Gasteiger partial charge is 0.0596 e. The third kappa shape index (κ3) is 4.08. The predicted octanol–water partition coefficient (Wildman–Crippen LogP) is 4.39. The molecule has 1 rings (SSSR count). The van der Waals surface area contributed by atoms with E-state index in [0.29, 0.717) is 11.8 Å². The lowest BCUT2D eigenvalue weighted by Crippen LogP contribution is -2.31. The average Bonchev–Trinajstić information content (AvgIpc) is 2.30. The Kier molecular flexibility index (Phi) is 6.41. The normalized spacial score (nSPS) is 30.0. The molecule has 1 aliphatic carbocycles. The molecule has 1 N–H and O–H groups in total. The van der Waals surface area contributed by atoms with Gasteiger partial charge in [0.2, 0.25) is 0 Å². The maximum atomic E-state index is 10.4. The van der Waals surface area contributed by atoms with Crippen LogP contribution >= 0.6 is 0 Å². The van der Waals surface area contributed by atoms with E-state index in [2.05, 4.69) is 20.8 Å². The molecule has 1 heteroatoms. The molecule has 0 heterocycles. The molecule has 1 nitrogen and oxygen atoms in total. The van der Waals surface area contributed by atoms with Crippen LogP contribution in [0.3, 0.4) is 0 Å². The lowest BCUT2D eigenvalue weighted by atomic mass is 9.75. The van der Waals surface area contributed by atoms with Crippen molar-refractivity contribution >= 4 is 0 Å². The Balaban J connectivity index is 2.37. The van der Waals surface area contributed by atoms with Gasteiger partial charge in [-0.05, 0) is 37.0 Å². The molecule has 0 amide bonds. The van der Waals surface area contributed by atoms with Crippen LogP contribution in [-0.4, -0.2) is 11.2 Å². The van der Waals surface area contributed by atoms with E-state index >= 15 is 0 Å². The van der Waals surface area contributed by atoms with Crippen molar-refractivity contribution < 1.29 is 5.11 Å². The maximum Gasteiger partial charge on any atom is 0.0596 e. The number of rotatable bonds is 6. The molecule has 2 atom stereocenters. The van der Waals surface area contributed by atoms with Gasteiger partial charge in [0, 0.05) is 0 Å². The van der Waals surface area contributed by atoms with Gasteiger partial charge in [-0.25, -0.2) is 0 Å². The van der Waals surface area contributed by atoms with Crippen LogP contribution in [0.5, 0.6) is 0 Å². The van der Waals surface area contributed by atoms with Gasteiger partial charge in [-0.3, -0.25) is 0 Å². The van der Waals surface area contributed by atoms with Crippen molar-refractivity contribution in [2.24, 2.45) is 17.8 Å². The summed E-state index contributed by atoms with van der Waals surface area (Å²) in [6, 6.07) is 0. The number of unbranched alkanes of at least 4 members (excludes halogenated alkanes) is 1. The number of aliphatic hydroxyl groups is 1. The second-order valence-electron chi connectivity index (χ2n) is 5.82. The fourth-order valence-corrected chi connectivity index (χ4v) is 3.09. The first-order chi connectivity index (χ1) is 7.69. The summed E-state index contributed by atoms with van der Waals surface area (Å²) < 4.78 is 0. The molecule has 96 valence electrons. The Morgan fingerprint density at radius 1 is 1.12 bits per heavy atom. The maximum absolute atomic E-state index is 10.4. The van der Waals surface area contributed by atoms with Gasteiger partial charge in [-0.2, -0.15) is 0 Å². The SMILES string of the molecule is CCCCC(CC)C(O)C1CCC(C)CC1. The summed E-state index contributed by atoms with van der Waals surface area (Å²) in [5.41, 5.74) is 0. The fourth-order valence-electron chi connectivity index (χ4n) is 3.09. The lowest BCUT2D eigenvalue weighted by molar-refractivity contribution is 0.0217. The third-order valence-corrected chi connectivity index (χ3v) is 4.48. The van der Waals surface area contributed by atoms with E-state index in [1.807, 2.05) is 0 Å². The summed E-state index contributed by atoms with van der Waals surface area (Å²) in [5.74, 6) is 2.04. The molecule has 1 saturated carbocycles. The highest BCUT2D eigenvalue weighted by atomic mass is 16.3. The molecule has 0 bridgehead atoms. The summed E-state index contributed by atoms with van der Waals surface area (Å²) in [7, 11) is 0. The molecule has 0 spiro atoms. The minimum absolute atomic E-state index is 0.0240. The number of aliphatic hydroxyl groups excluding tert-OH is 1. The van der Waals surface area contributed by atoms with E-state index < -0.39 is 0 Å². The van der Waals surface area contributed by atoms with Crippen LogP contribution in [0.25, 0.3) is 0 Å². The molecule has 0 radical (unpaired) electrons. The Bertz CT molecular complexity index is 166. The Morgan fingerprint density at radius 3 is 2.25 bits per heavy atom. The van der Waals surface area contributed by atoms with E-state index in [0.717, 1.165) is 12.3 Å². The van der Waals surface area contributed by atoms with Crippen molar-refractivity contribution in [1.29, 1.82) is 0 Å². The Hall–Kier alpha value is -0.0400. The summed E-state index contributed by atoms with van der Waals surface area (Å²) in [6.07, 6.45) is 10.0. The van der Waals surface area contributed by atoms with Gasteiger partial charge in [0.1, 0.15) is 0 Å². The zero-order valence-electron chi connectivity index (χ0n) is 11.4. The zero-order valence-corrected chi connectivity index (χ0v) is 11.4. The van der Waals surface area contributed by atoms with Gasteiger partial charge < -0.3 is 5.11 Å². The molecule has 2 unspecified atom stereocenters. The fraction of sp³-hybridized carbons (Fsp3) is 1.00. The average molecular weight is 226 g/mol. The molecule has 1 aliphatic rings. The minimum Gasteiger partial charge on any atom is -0.393 e. The van der Waals surface area contributed by atoms with Gasteiger partial charge in [-0.1, -0.05) is 52.9 Å². The number of hydrogen-bond donors (Lipinski definition) is 1. The Morgan fingerprint density at radius 2 is 1.75 bits per heavy atom. The Labute approximate surface area is 102 Å². The standard InChI is InChI=1S/C15H30O/c1-4-6-7-13(5-2)15(16)14-10-8-12(3)9-11-14/h12-16H,4-11H2,1-3H3. The monoisotopic (exact) mass is 226 g/mol. The quantitative estimate of drug-likeness (QED) is 0.712. The molecule has 0 saturated heterocycles. The van der Waals surface area contributed by atoms with Crippen molar-refractivity contribution in [2.75, 3.05) is 0 Å². The van der Waals surface area contributed by atoms with Crippen LogP contribution in [0.15, 0.2) is 0 Å². The first kappa shape index (κ1) is 14.0. The van der Waals surface area contributed by atoms with Crippen LogP contribution in [0.2, 0.25) is 0 Å². The van der Waals surface area contributed by atoms with Crippen LogP contribution in [0.4, 0.5) is 0 Å². The van der Waals surface area contributed by atoms with Gasteiger partial charge in [0.05, 0.1) is 6.10 Å². The van der Waals surface area contributed by atoms with Gasteiger partial charge in [0.15, 0.2) is 0 Å². The topological polar surface area (TPSA) is 20.2 Å². The minimum atomic E-state index is -0.0240. The van der Waals surface area contributed by atoms with E-state index in [1.54, 1.807) is 0 Å². The lowest BCUT2D eigenvalue weighted by Gasteiger charge is -2.34. The molecular weight excluding hydrogens is 196 g/mol. The predicted molar refractivity (Wildman–Crippen MR) is 70.4 cm³/mol. The van der Waals surface area contributed by atoms with Gasteiger partial charge >= 0.3 is 0 Å². The highest BCUT2D eigenvalue weighted by Crippen LogP contribution is 2.34. The van der Waals surface area contributed by atoms with Crippen molar-refractivity contribution in [3.8, 4) is 0 Å². The third-order valence-electron chi connectivity index (χ3n) is 4.48. The van der Waals surface area contributed by atoms with E-state index in [-0.39, 0.29) is 6.10 Å². The van der Waals surface area contributed by atoms with Gasteiger partial charge in [0.25, 0.3) is 0 Å². The van der Waals surface area contributed by atoms with Crippen molar-refractivity contribution in [3.05, 3.63) is 0 Å². The van der Waals surface area contributed by atoms with E-state index in [1.165, 1.54) is 44.9 Å². The largest absolute Gasteiger partial charge is 0.393 e. The van der Waals surface area contributed by atoms with Crippen molar-refractivity contribution in [2.45, 2.75) is 78.2 Å². The first-order valence-electron chi connectivity index (χ1n) is 7.37. The second kappa shape index (κ2) is 7.32. The molecule has 0 aliphatic heterocycles. The van der Waals surface area contributed by atoms with E-state index in [4.69, 9.17) is 0 Å².